The Labute approximate surface area is 131 Å². The van der Waals surface area contributed by atoms with Gasteiger partial charge in [0.05, 0.1) is 24.1 Å². The Morgan fingerprint density at radius 3 is 2.76 bits per heavy atom. The molecule has 0 aliphatic heterocycles. The molecule has 21 heavy (non-hydrogen) atoms. The van der Waals surface area contributed by atoms with Crippen molar-refractivity contribution in [2.24, 2.45) is 0 Å². The molecule has 1 heterocycles. The third-order valence-electron chi connectivity index (χ3n) is 2.90. The first-order valence-corrected chi connectivity index (χ1v) is 6.83. The molecule has 1 aromatic carbocycles. The van der Waals surface area contributed by atoms with Gasteiger partial charge >= 0.3 is 0 Å². The third kappa shape index (κ3) is 3.64. The molecule has 3 N–H and O–H groups in total. The highest BCUT2D eigenvalue weighted by Crippen LogP contribution is 2.27. The average Bonchev–Trinajstić information content (AvgIpc) is 2.48. The number of carbonyl (C=O) groups excluding carboxylic acids is 1. The number of rotatable bonds is 4. The lowest BCUT2D eigenvalue weighted by atomic mass is 10.2. The Morgan fingerprint density at radius 2 is 2.10 bits per heavy atom. The summed E-state index contributed by atoms with van der Waals surface area (Å²) in [6.45, 7) is -0.513. The number of nitrogen functional groups attached to an aromatic ring is 1. The molecule has 0 spiro atoms. The third-order valence-corrected chi connectivity index (χ3v) is 3.50. The van der Waals surface area contributed by atoms with Crippen LogP contribution in [0.15, 0.2) is 36.7 Å². The molecule has 1 amide bonds. The van der Waals surface area contributed by atoms with Crippen molar-refractivity contribution in [3.05, 3.63) is 52.3 Å². The number of halogens is 2. The average molecular weight is 326 g/mol. The highest BCUT2D eigenvalue weighted by Gasteiger charge is 2.19. The van der Waals surface area contributed by atoms with Crippen LogP contribution in [0.4, 0.5) is 11.4 Å². The second-order valence-corrected chi connectivity index (χ2v) is 5.15. The largest absolute Gasteiger partial charge is 0.397 e. The number of hydrogen-bond donors (Lipinski definition) is 2. The Kier molecular flexibility index (Phi) is 5.01. The number of hydrogen-bond acceptors (Lipinski definition) is 4. The molecular weight excluding hydrogens is 313 g/mol. The molecule has 0 fully saturated rings. The lowest BCUT2D eigenvalue weighted by molar-refractivity contribution is -0.121. The van der Waals surface area contributed by atoms with Gasteiger partial charge in [-0.3, -0.25) is 9.78 Å². The highest BCUT2D eigenvalue weighted by atomic mass is 35.5. The molecule has 0 radical (unpaired) electrons. The van der Waals surface area contributed by atoms with Crippen molar-refractivity contribution >= 4 is 40.5 Å². The van der Waals surface area contributed by atoms with Crippen molar-refractivity contribution < 1.29 is 9.90 Å². The van der Waals surface area contributed by atoms with E-state index in [9.17, 15) is 4.79 Å². The van der Waals surface area contributed by atoms with Gasteiger partial charge in [-0.05, 0) is 29.8 Å². The van der Waals surface area contributed by atoms with Crippen LogP contribution in [0.3, 0.4) is 0 Å². The van der Waals surface area contributed by atoms with E-state index < -0.39 is 12.5 Å². The number of nitrogens with zero attached hydrogens (tertiary/aromatic N) is 2. The van der Waals surface area contributed by atoms with Gasteiger partial charge in [0, 0.05) is 16.2 Å². The molecule has 0 aliphatic carbocycles. The molecule has 0 saturated heterocycles. The number of benzene rings is 1. The van der Waals surface area contributed by atoms with Gasteiger partial charge in [-0.15, -0.1) is 0 Å². The van der Waals surface area contributed by atoms with E-state index in [0.717, 1.165) is 0 Å². The zero-order valence-corrected chi connectivity index (χ0v) is 12.5. The summed E-state index contributed by atoms with van der Waals surface area (Å²) in [6, 6.07) is 6.54. The molecule has 0 saturated carbocycles. The van der Waals surface area contributed by atoms with Crippen LogP contribution in [-0.2, 0) is 11.3 Å². The topological polar surface area (TPSA) is 79.5 Å². The van der Waals surface area contributed by atoms with Crippen molar-refractivity contribution in [2.45, 2.75) is 6.54 Å². The fourth-order valence-electron chi connectivity index (χ4n) is 1.85. The molecule has 7 heteroatoms. The maximum atomic E-state index is 12.0. The predicted molar refractivity (Wildman–Crippen MR) is 83.4 cm³/mol. The maximum absolute atomic E-state index is 12.0. The Morgan fingerprint density at radius 1 is 1.33 bits per heavy atom. The predicted octanol–water partition coefficient (Wildman–Crippen LogP) is 2.50. The summed E-state index contributed by atoms with van der Waals surface area (Å²) in [5.74, 6) is -0.509. The Hall–Kier alpha value is -1.82. The van der Waals surface area contributed by atoms with Gasteiger partial charge in [-0.1, -0.05) is 23.2 Å². The molecule has 5 nitrogen and oxygen atoms in total. The number of aliphatic hydroxyl groups excluding tert-OH is 1. The number of aliphatic hydroxyl groups is 1. The fraction of sp³-hybridized carbons (Fsp3) is 0.143. The second kappa shape index (κ2) is 6.76. The molecule has 0 aliphatic rings. The van der Waals surface area contributed by atoms with Crippen LogP contribution >= 0.6 is 23.2 Å². The summed E-state index contributed by atoms with van der Waals surface area (Å²) in [7, 11) is 0. The minimum atomic E-state index is -0.646. The molecule has 2 rings (SSSR count). The van der Waals surface area contributed by atoms with Crippen LogP contribution in [-0.4, -0.2) is 22.6 Å². The van der Waals surface area contributed by atoms with E-state index in [2.05, 4.69) is 4.98 Å². The van der Waals surface area contributed by atoms with Crippen molar-refractivity contribution in [3.63, 3.8) is 0 Å². The number of anilines is 2. The second-order valence-electron chi connectivity index (χ2n) is 4.31. The zero-order valence-electron chi connectivity index (χ0n) is 11.0. The van der Waals surface area contributed by atoms with Crippen molar-refractivity contribution in [1.29, 1.82) is 0 Å². The van der Waals surface area contributed by atoms with E-state index in [0.29, 0.717) is 27.0 Å². The first kappa shape index (κ1) is 15.6. The smallest absolute Gasteiger partial charge is 0.253 e. The molecular formula is C14H13Cl2N3O2. The van der Waals surface area contributed by atoms with Crippen LogP contribution in [0, 0.1) is 0 Å². The molecule has 2 aromatic rings. The summed E-state index contributed by atoms with van der Waals surface area (Å²) in [4.78, 5) is 17.3. The van der Waals surface area contributed by atoms with Crippen LogP contribution in [0.5, 0.6) is 0 Å². The Balaban J connectivity index is 2.40. The first-order valence-electron chi connectivity index (χ1n) is 6.07. The lowest BCUT2D eigenvalue weighted by Crippen LogP contribution is -2.33. The van der Waals surface area contributed by atoms with E-state index in [1.54, 1.807) is 24.3 Å². The van der Waals surface area contributed by atoms with Crippen LogP contribution < -0.4 is 10.6 Å². The highest BCUT2D eigenvalue weighted by molar-refractivity contribution is 6.33. The minimum absolute atomic E-state index is 0.134. The minimum Gasteiger partial charge on any atom is -0.397 e. The van der Waals surface area contributed by atoms with Crippen LogP contribution in [0.2, 0.25) is 10.0 Å². The fourth-order valence-corrected chi connectivity index (χ4v) is 2.22. The zero-order chi connectivity index (χ0) is 15.4. The van der Waals surface area contributed by atoms with Gasteiger partial charge < -0.3 is 15.7 Å². The van der Waals surface area contributed by atoms with E-state index in [1.807, 2.05) is 0 Å². The summed E-state index contributed by atoms with van der Waals surface area (Å²) in [5, 5.41) is 10.1. The molecule has 0 atom stereocenters. The monoisotopic (exact) mass is 325 g/mol. The number of amides is 1. The number of carbonyl (C=O) groups is 1. The van der Waals surface area contributed by atoms with Gasteiger partial charge in [0.2, 0.25) is 0 Å². The van der Waals surface area contributed by atoms with Gasteiger partial charge in [0.15, 0.2) is 0 Å². The van der Waals surface area contributed by atoms with E-state index in [4.69, 9.17) is 34.0 Å². The van der Waals surface area contributed by atoms with Gasteiger partial charge in [-0.25, -0.2) is 0 Å². The van der Waals surface area contributed by atoms with Crippen molar-refractivity contribution in [2.75, 3.05) is 17.2 Å². The quantitative estimate of drug-likeness (QED) is 0.905. The van der Waals surface area contributed by atoms with Crippen LogP contribution in [0.1, 0.15) is 5.56 Å². The number of aromatic nitrogens is 1. The number of pyridine rings is 1. The Bertz CT molecular complexity index is 664. The normalized spacial score (nSPS) is 10.4. The van der Waals surface area contributed by atoms with Crippen molar-refractivity contribution in [3.8, 4) is 0 Å². The van der Waals surface area contributed by atoms with Gasteiger partial charge in [0.25, 0.3) is 5.91 Å². The molecule has 1 aromatic heterocycles. The number of nitrogens with two attached hydrogens (primary N) is 1. The SMILES string of the molecule is Nc1ccncc1N(Cc1cc(Cl)ccc1Cl)C(=O)CO. The van der Waals surface area contributed by atoms with Crippen molar-refractivity contribution in [1.82, 2.24) is 4.98 Å². The molecule has 0 bridgehead atoms. The summed E-state index contributed by atoms with van der Waals surface area (Å²) in [5.41, 5.74) is 7.30. The van der Waals surface area contributed by atoms with Crippen LogP contribution in [0.25, 0.3) is 0 Å². The summed E-state index contributed by atoms with van der Waals surface area (Å²) >= 11 is 12.1. The summed E-state index contributed by atoms with van der Waals surface area (Å²) in [6.07, 6.45) is 2.98. The summed E-state index contributed by atoms with van der Waals surface area (Å²) < 4.78 is 0. The van der Waals surface area contributed by atoms with E-state index >= 15 is 0 Å². The first-order chi connectivity index (χ1) is 10.0. The molecule has 0 unspecified atom stereocenters. The van der Waals surface area contributed by atoms with Gasteiger partial charge in [0.1, 0.15) is 6.61 Å². The molecule has 110 valence electrons. The lowest BCUT2D eigenvalue weighted by Gasteiger charge is -2.23. The van der Waals surface area contributed by atoms with E-state index in [1.165, 1.54) is 17.3 Å². The van der Waals surface area contributed by atoms with E-state index in [-0.39, 0.29) is 6.54 Å². The maximum Gasteiger partial charge on any atom is 0.253 e. The standard InChI is InChI=1S/C14H13Cl2N3O2/c15-10-1-2-11(16)9(5-10)7-19(14(21)8-20)13-6-18-4-3-12(13)17/h1-6,20H,7-8H2,(H2,17,18). The van der Waals surface area contributed by atoms with Gasteiger partial charge in [-0.2, -0.15) is 0 Å².